The van der Waals surface area contributed by atoms with Crippen molar-refractivity contribution in [3.63, 3.8) is 0 Å². The van der Waals surface area contributed by atoms with Gasteiger partial charge < -0.3 is 18.8 Å². The summed E-state index contributed by atoms with van der Waals surface area (Å²) >= 11 is 0. The van der Waals surface area contributed by atoms with Gasteiger partial charge in [0.25, 0.3) is 5.91 Å². The fraction of sp³-hybridized carbons (Fsp3) is 0.192. The van der Waals surface area contributed by atoms with Gasteiger partial charge in [0, 0.05) is 59.4 Å². The quantitative estimate of drug-likeness (QED) is 0.358. The Hall–Kier alpha value is -4.17. The third-order valence-electron chi connectivity index (χ3n) is 5.87. The standard InChI is InChI=1S/C26H25N5O3/c32-25(30-12-14-34-15-13-30)19-31-18-21(23-8-1-2-9-24(23)31)17-27-28-26(33)20-6-5-7-22(16-20)29-10-3-4-11-29/h1-11,16-18H,12-15,19H2,(H,28,33)/b27-17+. The highest BCUT2D eigenvalue weighted by molar-refractivity contribution is 6.01. The predicted molar refractivity (Wildman–Crippen MR) is 130 cm³/mol. The summed E-state index contributed by atoms with van der Waals surface area (Å²) in [5.41, 5.74) is 5.79. The molecule has 4 aromatic rings. The number of hydrogen-bond donors (Lipinski definition) is 1. The molecule has 34 heavy (non-hydrogen) atoms. The van der Waals surface area contributed by atoms with E-state index in [1.165, 1.54) is 0 Å². The third kappa shape index (κ3) is 4.62. The van der Waals surface area contributed by atoms with Crippen LogP contribution in [0, 0.1) is 0 Å². The van der Waals surface area contributed by atoms with Gasteiger partial charge >= 0.3 is 0 Å². The molecule has 1 saturated heterocycles. The van der Waals surface area contributed by atoms with Crippen LogP contribution in [-0.4, -0.2) is 58.4 Å². The van der Waals surface area contributed by atoms with E-state index in [1.807, 2.05) is 87.2 Å². The minimum absolute atomic E-state index is 0.0587. The lowest BCUT2D eigenvalue weighted by Gasteiger charge is -2.27. The fourth-order valence-corrected chi connectivity index (χ4v) is 4.11. The maximum atomic E-state index is 12.8. The summed E-state index contributed by atoms with van der Waals surface area (Å²) in [5.74, 6) is -0.236. The third-order valence-corrected chi connectivity index (χ3v) is 5.87. The number of hydrogen-bond acceptors (Lipinski definition) is 4. The van der Waals surface area contributed by atoms with Gasteiger partial charge in [0.2, 0.25) is 5.91 Å². The number of amides is 2. The highest BCUT2D eigenvalue weighted by Crippen LogP contribution is 2.20. The molecule has 1 N–H and O–H groups in total. The van der Waals surface area contributed by atoms with Gasteiger partial charge in [0.15, 0.2) is 0 Å². The number of nitrogens with zero attached hydrogens (tertiary/aromatic N) is 4. The summed E-state index contributed by atoms with van der Waals surface area (Å²) in [6.07, 6.45) is 7.36. The Kier molecular flexibility index (Phi) is 6.22. The minimum Gasteiger partial charge on any atom is -0.378 e. The van der Waals surface area contributed by atoms with Gasteiger partial charge in [-0.3, -0.25) is 9.59 Å². The van der Waals surface area contributed by atoms with Crippen LogP contribution in [0.15, 0.2) is 84.4 Å². The molecule has 0 unspecified atom stereocenters. The second kappa shape index (κ2) is 9.76. The summed E-state index contributed by atoms with van der Waals surface area (Å²) in [6.45, 7) is 2.62. The number of benzene rings is 2. The van der Waals surface area contributed by atoms with E-state index in [2.05, 4.69) is 10.5 Å². The molecule has 2 amide bonds. The summed E-state index contributed by atoms with van der Waals surface area (Å²) < 4.78 is 9.21. The van der Waals surface area contributed by atoms with Crippen LogP contribution in [0.2, 0.25) is 0 Å². The topological polar surface area (TPSA) is 80.9 Å². The number of hydrazone groups is 1. The molecule has 0 bridgehead atoms. The molecule has 1 aliphatic heterocycles. The number of rotatable bonds is 6. The van der Waals surface area contributed by atoms with Crippen molar-refractivity contribution in [2.45, 2.75) is 6.54 Å². The molecule has 0 radical (unpaired) electrons. The Balaban J connectivity index is 1.31. The van der Waals surface area contributed by atoms with Crippen molar-refractivity contribution < 1.29 is 14.3 Å². The first-order valence-corrected chi connectivity index (χ1v) is 11.2. The van der Waals surface area contributed by atoms with Crippen molar-refractivity contribution in [3.05, 3.63) is 90.4 Å². The van der Waals surface area contributed by atoms with Gasteiger partial charge in [0.1, 0.15) is 6.54 Å². The molecule has 8 heteroatoms. The van der Waals surface area contributed by atoms with Gasteiger partial charge in [-0.05, 0) is 36.4 Å². The smallest absolute Gasteiger partial charge is 0.271 e. The van der Waals surface area contributed by atoms with E-state index in [4.69, 9.17) is 4.74 Å². The van der Waals surface area contributed by atoms with Crippen LogP contribution in [0.1, 0.15) is 15.9 Å². The molecule has 1 fully saturated rings. The number of morpholine rings is 1. The molecule has 0 saturated carbocycles. The first-order chi connectivity index (χ1) is 16.7. The summed E-state index contributed by atoms with van der Waals surface area (Å²) in [7, 11) is 0. The maximum absolute atomic E-state index is 12.8. The normalized spacial score (nSPS) is 14.1. The Bertz CT molecular complexity index is 1330. The Morgan fingerprint density at radius 2 is 1.79 bits per heavy atom. The van der Waals surface area contributed by atoms with E-state index in [1.54, 1.807) is 12.3 Å². The van der Waals surface area contributed by atoms with Crippen molar-refractivity contribution in [1.29, 1.82) is 0 Å². The highest BCUT2D eigenvalue weighted by atomic mass is 16.5. The number of ether oxygens (including phenoxy) is 1. The second-order valence-corrected chi connectivity index (χ2v) is 8.06. The van der Waals surface area contributed by atoms with Gasteiger partial charge in [-0.2, -0.15) is 5.10 Å². The van der Waals surface area contributed by atoms with Crippen molar-refractivity contribution in [2.75, 3.05) is 26.3 Å². The first-order valence-electron chi connectivity index (χ1n) is 11.2. The molecule has 3 heterocycles. The Labute approximate surface area is 197 Å². The first kappa shape index (κ1) is 21.7. The van der Waals surface area contributed by atoms with Crippen molar-refractivity contribution in [3.8, 4) is 5.69 Å². The number of para-hydroxylation sites is 1. The fourth-order valence-electron chi connectivity index (χ4n) is 4.11. The number of carbonyl (C=O) groups excluding carboxylic acids is 2. The molecule has 0 spiro atoms. The number of aromatic nitrogens is 2. The lowest BCUT2D eigenvalue weighted by molar-refractivity contribution is -0.135. The zero-order valence-electron chi connectivity index (χ0n) is 18.6. The lowest BCUT2D eigenvalue weighted by Crippen LogP contribution is -2.42. The molecular weight excluding hydrogens is 430 g/mol. The molecular formula is C26H25N5O3. The monoisotopic (exact) mass is 455 g/mol. The Morgan fingerprint density at radius 1 is 1.00 bits per heavy atom. The molecule has 5 rings (SSSR count). The lowest BCUT2D eigenvalue weighted by atomic mass is 10.2. The summed E-state index contributed by atoms with van der Waals surface area (Å²) in [5, 5.41) is 5.15. The van der Waals surface area contributed by atoms with Crippen LogP contribution < -0.4 is 5.43 Å². The Morgan fingerprint density at radius 3 is 2.62 bits per heavy atom. The zero-order chi connectivity index (χ0) is 23.3. The van der Waals surface area contributed by atoms with E-state index in [-0.39, 0.29) is 18.4 Å². The average Bonchev–Trinajstić information content (AvgIpc) is 3.54. The average molecular weight is 456 g/mol. The van der Waals surface area contributed by atoms with Crippen LogP contribution >= 0.6 is 0 Å². The van der Waals surface area contributed by atoms with Crippen LogP contribution in [0.25, 0.3) is 16.6 Å². The minimum atomic E-state index is -0.295. The molecule has 172 valence electrons. The molecule has 1 aliphatic rings. The zero-order valence-corrected chi connectivity index (χ0v) is 18.6. The van der Waals surface area contributed by atoms with E-state index >= 15 is 0 Å². The van der Waals surface area contributed by atoms with E-state index < -0.39 is 0 Å². The summed E-state index contributed by atoms with van der Waals surface area (Å²) in [4.78, 5) is 27.2. The second-order valence-electron chi connectivity index (χ2n) is 8.06. The van der Waals surface area contributed by atoms with Gasteiger partial charge in [-0.15, -0.1) is 0 Å². The molecule has 8 nitrogen and oxygen atoms in total. The van der Waals surface area contributed by atoms with Crippen LogP contribution in [-0.2, 0) is 16.1 Å². The van der Waals surface area contributed by atoms with E-state index in [0.717, 1.165) is 22.2 Å². The van der Waals surface area contributed by atoms with Crippen molar-refractivity contribution in [1.82, 2.24) is 19.5 Å². The van der Waals surface area contributed by atoms with E-state index in [0.29, 0.717) is 31.9 Å². The van der Waals surface area contributed by atoms with Crippen molar-refractivity contribution >= 4 is 28.9 Å². The van der Waals surface area contributed by atoms with Crippen molar-refractivity contribution in [2.24, 2.45) is 5.10 Å². The number of carbonyl (C=O) groups is 2. The SMILES string of the molecule is O=C(N/N=C/c1cn(CC(=O)N2CCOCC2)c2ccccc12)c1cccc(-n2cccc2)c1. The van der Waals surface area contributed by atoms with Crippen LogP contribution in [0.4, 0.5) is 0 Å². The molecule has 0 atom stereocenters. The predicted octanol–water partition coefficient (Wildman–Crippen LogP) is 3.05. The van der Waals surface area contributed by atoms with Gasteiger partial charge in [-0.1, -0.05) is 24.3 Å². The highest BCUT2D eigenvalue weighted by Gasteiger charge is 2.18. The van der Waals surface area contributed by atoms with Gasteiger partial charge in [-0.25, -0.2) is 5.43 Å². The maximum Gasteiger partial charge on any atom is 0.271 e. The van der Waals surface area contributed by atoms with Crippen LogP contribution in [0.5, 0.6) is 0 Å². The molecule has 0 aliphatic carbocycles. The number of nitrogens with one attached hydrogen (secondary N) is 1. The number of fused-ring (bicyclic) bond motifs is 1. The van der Waals surface area contributed by atoms with Gasteiger partial charge in [0.05, 0.1) is 19.4 Å². The largest absolute Gasteiger partial charge is 0.378 e. The summed E-state index contributed by atoms with van der Waals surface area (Å²) in [6, 6.07) is 19.1. The van der Waals surface area contributed by atoms with E-state index in [9.17, 15) is 9.59 Å². The molecule has 2 aromatic carbocycles. The molecule has 2 aromatic heterocycles. The van der Waals surface area contributed by atoms with Crippen LogP contribution in [0.3, 0.4) is 0 Å².